The summed E-state index contributed by atoms with van der Waals surface area (Å²) in [7, 11) is 5.03. The molecule has 1 amide bonds. The van der Waals surface area contributed by atoms with E-state index in [0.29, 0.717) is 22.3 Å². The van der Waals surface area contributed by atoms with E-state index in [9.17, 15) is 4.79 Å². The van der Waals surface area contributed by atoms with E-state index in [1.54, 1.807) is 43.8 Å². The number of carbonyl (C=O) groups is 1. The molecule has 0 aliphatic carbocycles. The summed E-state index contributed by atoms with van der Waals surface area (Å²) in [6.07, 6.45) is 0. The van der Waals surface area contributed by atoms with Crippen LogP contribution >= 0.6 is 23.1 Å². The molecule has 0 bridgehead atoms. The summed E-state index contributed by atoms with van der Waals surface area (Å²) in [5.41, 5.74) is 0.641. The second-order valence-electron chi connectivity index (χ2n) is 5.66. The Morgan fingerprint density at radius 3 is 2.67 bits per heavy atom. The number of nitrogens with zero attached hydrogens (tertiary/aromatic N) is 3. The van der Waals surface area contributed by atoms with Crippen LogP contribution in [0.4, 0.5) is 5.69 Å². The molecule has 0 aliphatic rings. The number of amides is 1. The Kier molecular flexibility index (Phi) is 6.02. The van der Waals surface area contributed by atoms with Crippen molar-refractivity contribution in [3.8, 4) is 22.2 Å². The summed E-state index contributed by atoms with van der Waals surface area (Å²) in [6, 6.07) is 9.22. The zero-order valence-corrected chi connectivity index (χ0v) is 17.1. The Bertz CT molecular complexity index is 925. The Labute approximate surface area is 165 Å². The predicted molar refractivity (Wildman–Crippen MR) is 108 cm³/mol. The van der Waals surface area contributed by atoms with Crippen LogP contribution in [-0.4, -0.2) is 40.1 Å². The minimum absolute atomic E-state index is 0.132. The molecular formula is C18H20N4O3S2. The average molecular weight is 405 g/mol. The Morgan fingerprint density at radius 2 is 2.00 bits per heavy atom. The van der Waals surface area contributed by atoms with Crippen LogP contribution in [0.2, 0.25) is 0 Å². The van der Waals surface area contributed by atoms with Gasteiger partial charge in [-0.1, -0.05) is 17.8 Å². The molecule has 0 spiro atoms. The van der Waals surface area contributed by atoms with Gasteiger partial charge < -0.3 is 19.4 Å². The van der Waals surface area contributed by atoms with Crippen molar-refractivity contribution in [1.29, 1.82) is 0 Å². The first kappa shape index (κ1) is 19.2. The molecule has 1 atom stereocenters. The number of thioether (sulfide) groups is 1. The fourth-order valence-electron chi connectivity index (χ4n) is 2.41. The van der Waals surface area contributed by atoms with E-state index in [4.69, 9.17) is 9.47 Å². The summed E-state index contributed by atoms with van der Waals surface area (Å²) in [6.45, 7) is 1.83. The van der Waals surface area contributed by atoms with Gasteiger partial charge in [-0.25, -0.2) is 0 Å². The third kappa shape index (κ3) is 4.25. The lowest BCUT2D eigenvalue weighted by Crippen LogP contribution is -2.22. The highest BCUT2D eigenvalue weighted by atomic mass is 32.2. The minimum atomic E-state index is -0.350. The predicted octanol–water partition coefficient (Wildman–Crippen LogP) is 3.68. The summed E-state index contributed by atoms with van der Waals surface area (Å²) in [5.74, 6) is 1.83. The highest BCUT2D eigenvalue weighted by Gasteiger charge is 2.20. The van der Waals surface area contributed by atoms with E-state index in [0.717, 1.165) is 10.7 Å². The topological polar surface area (TPSA) is 78.3 Å². The molecule has 2 heterocycles. The maximum atomic E-state index is 12.6. The molecule has 2 aromatic heterocycles. The molecule has 0 radical (unpaired) electrons. The summed E-state index contributed by atoms with van der Waals surface area (Å²) in [5, 5.41) is 13.7. The van der Waals surface area contributed by atoms with Gasteiger partial charge in [0, 0.05) is 18.8 Å². The molecule has 0 saturated heterocycles. The van der Waals surface area contributed by atoms with Gasteiger partial charge in [0.2, 0.25) is 5.91 Å². The number of anilines is 1. The molecule has 27 heavy (non-hydrogen) atoms. The molecule has 1 unspecified atom stereocenters. The summed E-state index contributed by atoms with van der Waals surface area (Å²) < 4.78 is 12.4. The highest BCUT2D eigenvalue weighted by molar-refractivity contribution is 8.00. The Morgan fingerprint density at radius 1 is 1.22 bits per heavy atom. The van der Waals surface area contributed by atoms with Gasteiger partial charge in [0.25, 0.3) is 0 Å². The van der Waals surface area contributed by atoms with Crippen LogP contribution in [0.5, 0.6) is 11.5 Å². The number of carbonyl (C=O) groups excluding carboxylic acids is 1. The van der Waals surface area contributed by atoms with Crippen molar-refractivity contribution in [2.45, 2.75) is 17.3 Å². The number of ether oxygens (including phenoxy) is 2. The van der Waals surface area contributed by atoms with E-state index in [1.165, 1.54) is 11.8 Å². The van der Waals surface area contributed by atoms with Crippen LogP contribution in [0.1, 0.15) is 6.92 Å². The number of rotatable bonds is 7. The fourth-order valence-corrected chi connectivity index (χ4v) is 3.97. The molecule has 7 nitrogen and oxygen atoms in total. The molecule has 0 saturated carbocycles. The van der Waals surface area contributed by atoms with E-state index in [-0.39, 0.29) is 11.2 Å². The summed E-state index contributed by atoms with van der Waals surface area (Å²) >= 11 is 2.96. The van der Waals surface area contributed by atoms with E-state index in [2.05, 4.69) is 15.5 Å². The van der Waals surface area contributed by atoms with Crippen molar-refractivity contribution in [3.63, 3.8) is 0 Å². The van der Waals surface area contributed by atoms with Gasteiger partial charge in [0.1, 0.15) is 0 Å². The fraction of sp³-hybridized carbons (Fsp3) is 0.278. The van der Waals surface area contributed by atoms with Gasteiger partial charge in [-0.3, -0.25) is 4.79 Å². The lowest BCUT2D eigenvalue weighted by Gasteiger charge is -2.13. The van der Waals surface area contributed by atoms with Crippen LogP contribution in [0.3, 0.4) is 0 Å². The lowest BCUT2D eigenvalue weighted by atomic mass is 10.2. The first-order valence-electron chi connectivity index (χ1n) is 8.16. The smallest absolute Gasteiger partial charge is 0.237 e. The first-order chi connectivity index (χ1) is 13.0. The zero-order valence-electron chi connectivity index (χ0n) is 15.4. The van der Waals surface area contributed by atoms with E-state index >= 15 is 0 Å². The quantitative estimate of drug-likeness (QED) is 0.605. The van der Waals surface area contributed by atoms with Gasteiger partial charge in [-0.05, 0) is 30.5 Å². The maximum Gasteiger partial charge on any atom is 0.237 e. The number of thiophene rings is 1. The van der Waals surface area contributed by atoms with Gasteiger partial charge >= 0.3 is 0 Å². The average Bonchev–Trinajstić information content (AvgIpc) is 3.32. The van der Waals surface area contributed by atoms with Crippen LogP contribution < -0.4 is 14.8 Å². The van der Waals surface area contributed by atoms with Gasteiger partial charge in [-0.15, -0.1) is 21.5 Å². The molecule has 142 valence electrons. The molecule has 3 aromatic rings. The third-order valence-electron chi connectivity index (χ3n) is 3.88. The van der Waals surface area contributed by atoms with Crippen molar-refractivity contribution in [3.05, 3.63) is 35.7 Å². The molecule has 9 heteroatoms. The van der Waals surface area contributed by atoms with Crippen molar-refractivity contribution >= 4 is 34.7 Å². The van der Waals surface area contributed by atoms with E-state index < -0.39 is 0 Å². The minimum Gasteiger partial charge on any atom is -0.493 e. The SMILES string of the molecule is COc1ccc(NC(=O)C(C)Sc2nnc(-c3cccs3)n2C)cc1OC. The number of aromatic nitrogens is 3. The van der Waals surface area contributed by atoms with Crippen LogP contribution in [-0.2, 0) is 11.8 Å². The number of hydrogen-bond acceptors (Lipinski definition) is 7. The normalized spacial score (nSPS) is 11.9. The number of hydrogen-bond donors (Lipinski definition) is 1. The second-order valence-corrected chi connectivity index (χ2v) is 7.92. The van der Waals surface area contributed by atoms with Crippen LogP contribution in [0.15, 0.2) is 40.9 Å². The number of nitrogens with one attached hydrogen (secondary N) is 1. The molecule has 0 aliphatic heterocycles. The van der Waals surface area contributed by atoms with Gasteiger partial charge in [-0.2, -0.15) is 0 Å². The monoisotopic (exact) mass is 404 g/mol. The van der Waals surface area contributed by atoms with Crippen molar-refractivity contribution in [2.75, 3.05) is 19.5 Å². The third-order valence-corrected chi connectivity index (χ3v) is 5.88. The molecule has 1 N–H and O–H groups in total. The number of benzene rings is 1. The van der Waals surface area contributed by atoms with E-state index in [1.807, 2.05) is 36.1 Å². The number of methoxy groups -OCH3 is 2. The van der Waals surface area contributed by atoms with Gasteiger partial charge in [0.15, 0.2) is 22.5 Å². The molecule has 1 aromatic carbocycles. The standard InChI is InChI=1S/C18H20N4O3S2/c1-11(17(23)19-12-7-8-13(24-3)14(10-12)25-4)27-18-21-20-16(22(18)2)15-6-5-9-26-15/h5-11H,1-4H3,(H,19,23). The molecular weight excluding hydrogens is 384 g/mol. The largest absolute Gasteiger partial charge is 0.493 e. The first-order valence-corrected chi connectivity index (χ1v) is 9.92. The Hall–Kier alpha value is -2.52. The zero-order chi connectivity index (χ0) is 19.4. The van der Waals surface area contributed by atoms with Crippen molar-refractivity contribution in [2.24, 2.45) is 7.05 Å². The Balaban J connectivity index is 1.68. The summed E-state index contributed by atoms with van der Waals surface area (Å²) in [4.78, 5) is 13.6. The van der Waals surface area contributed by atoms with Crippen molar-refractivity contribution < 1.29 is 14.3 Å². The van der Waals surface area contributed by atoms with Gasteiger partial charge in [0.05, 0.1) is 24.3 Å². The highest BCUT2D eigenvalue weighted by Crippen LogP contribution is 2.31. The van der Waals surface area contributed by atoms with Crippen molar-refractivity contribution in [1.82, 2.24) is 14.8 Å². The molecule has 0 fully saturated rings. The van der Waals surface area contributed by atoms with Crippen LogP contribution in [0, 0.1) is 0 Å². The second kappa shape index (κ2) is 8.45. The maximum absolute atomic E-state index is 12.6. The van der Waals surface area contributed by atoms with Crippen LogP contribution in [0.25, 0.3) is 10.7 Å². The lowest BCUT2D eigenvalue weighted by molar-refractivity contribution is -0.115. The molecule has 3 rings (SSSR count).